The first-order chi connectivity index (χ1) is 13.1. The first kappa shape index (κ1) is 19.8. The largest absolute Gasteiger partial charge is 0.486 e. The van der Waals surface area contributed by atoms with Gasteiger partial charge in [0.1, 0.15) is 17.4 Å². The third-order valence-corrected chi connectivity index (χ3v) is 6.19. The predicted octanol–water partition coefficient (Wildman–Crippen LogP) is 4.69. The molecule has 0 fully saturated rings. The molecule has 2 heterocycles. The fraction of sp³-hybridized carbons (Fsp3) is 0.176. The zero-order valence-electron chi connectivity index (χ0n) is 14.1. The molecule has 0 aliphatic rings. The van der Waals surface area contributed by atoms with Crippen molar-refractivity contribution < 1.29 is 9.53 Å². The maximum atomic E-state index is 12.2. The average Bonchev–Trinajstić information content (AvgIpc) is 3.29. The van der Waals surface area contributed by atoms with Crippen LogP contribution in [0.15, 0.2) is 46.6 Å². The van der Waals surface area contributed by atoms with Crippen molar-refractivity contribution in [2.24, 2.45) is 0 Å². The van der Waals surface area contributed by atoms with Gasteiger partial charge in [-0.05, 0) is 24.3 Å². The Kier molecular flexibility index (Phi) is 7.22. The summed E-state index contributed by atoms with van der Waals surface area (Å²) in [5.41, 5.74) is 0.693. The lowest BCUT2D eigenvalue weighted by molar-refractivity contribution is -0.115. The first-order valence-corrected chi connectivity index (χ1v) is 10.9. The Balaban J connectivity index is 1.48. The van der Waals surface area contributed by atoms with E-state index in [2.05, 4.69) is 27.1 Å². The number of hydrogen-bond acceptors (Lipinski definition) is 8. The monoisotopic (exact) mass is 438 g/mol. The Morgan fingerprint density at radius 2 is 2.15 bits per heavy atom. The number of benzene rings is 1. The van der Waals surface area contributed by atoms with Gasteiger partial charge in [0.25, 0.3) is 0 Å². The van der Waals surface area contributed by atoms with E-state index >= 15 is 0 Å². The number of carbonyl (C=O) groups is 1. The van der Waals surface area contributed by atoms with E-state index in [1.807, 2.05) is 5.38 Å². The normalized spacial score (nSPS) is 10.6. The second-order valence-corrected chi connectivity index (χ2v) is 8.80. The molecule has 3 aromatic rings. The molecule has 140 valence electrons. The lowest BCUT2D eigenvalue weighted by Crippen LogP contribution is -2.14. The van der Waals surface area contributed by atoms with Gasteiger partial charge in [-0.3, -0.25) is 4.79 Å². The molecule has 27 heavy (non-hydrogen) atoms. The number of carbonyl (C=O) groups excluding carboxylic acids is 1. The Bertz CT molecular complexity index is 911. The number of rotatable bonds is 9. The summed E-state index contributed by atoms with van der Waals surface area (Å²) in [5.74, 6) is 1.29. The van der Waals surface area contributed by atoms with Gasteiger partial charge in [0.2, 0.25) is 11.0 Å². The number of halogens is 1. The molecule has 0 radical (unpaired) electrons. The Labute approximate surface area is 173 Å². The van der Waals surface area contributed by atoms with Crippen molar-refractivity contribution in [2.75, 3.05) is 11.1 Å². The van der Waals surface area contributed by atoms with Crippen LogP contribution in [0.4, 0.5) is 5.13 Å². The molecule has 0 aliphatic carbocycles. The van der Waals surface area contributed by atoms with Crippen LogP contribution in [-0.4, -0.2) is 26.8 Å². The number of aromatic nitrogens is 3. The highest BCUT2D eigenvalue weighted by Crippen LogP contribution is 2.25. The van der Waals surface area contributed by atoms with Crippen LogP contribution in [0.25, 0.3) is 0 Å². The van der Waals surface area contributed by atoms with Crippen molar-refractivity contribution >= 4 is 57.1 Å². The molecule has 0 bridgehead atoms. The summed E-state index contributed by atoms with van der Waals surface area (Å²) >= 11 is 10.2. The zero-order valence-corrected chi connectivity index (χ0v) is 17.3. The number of hydrogen-bond donors (Lipinski definition) is 1. The van der Waals surface area contributed by atoms with E-state index in [1.54, 1.807) is 30.3 Å². The lowest BCUT2D eigenvalue weighted by Gasteiger charge is -2.03. The van der Waals surface area contributed by atoms with Crippen LogP contribution >= 0.6 is 46.0 Å². The lowest BCUT2D eigenvalue weighted by atomic mass is 10.3. The van der Waals surface area contributed by atoms with Crippen LogP contribution < -0.4 is 10.1 Å². The number of amides is 1. The molecule has 2 aromatic heterocycles. The number of thiazole rings is 1. The third kappa shape index (κ3) is 6.31. The van der Waals surface area contributed by atoms with Crippen LogP contribution in [0.1, 0.15) is 10.7 Å². The van der Waals surface area contributed by atoms with E-state index in [0.29, 0.717) is 22.5 Å². The Hall–Kier alpha value is -1.94. The topological polar surface area (TPSA) is 77.0 Å². The molecule has 0 unspecified atom stereocenters. The van der Waals surface area contributed by atoms with E-state index in [4.69, 9.17) is 16.3 Å². The minimum Gasteiger partial charge on any atom is -0.486 e. The molecule has 1 amide bonds. The quantitative estimate of drug-likeness (QED) is 0.297. The van der Waals surface area contributed by atoms with Gasteiger partial charge in [0, 0.05) is 16.2 Å². The van der Waals surface area contributed by atoms with Crippen LogP contribution in [0, 0.1) is 0 Å². The molecular formula is C17H15ClN4O2S3. The Morgan fingerprint density at radius 3 is 2.93 bits per heavy atom. The first-order valence-electron chi connectivity index (χ1n) is 7.81. The van der Waals surface area contributed by atoms with E-state index in [0.717, 1.165) is 20.8 Å². The van der Waals surface area contributed by atoms with Gasteiger partial charge >= 0.3 is 0 Å². The number of ether oxygens (including phenoxy) is 1. The van der Waals surface area contributed by atoms with Gasteiger partial charge in [-0.25, -0.2) is 4.98 Å². The predicted molar refractivity (Wildman–Crippen MR) is 111 cm³/mol. The summed E-state index contributed by atoms with van der Waals surface area (Å²) in [6, 6.07) is 7.13. The standard InChI is InChI=1S/C17H15ClN4O2S3/c1-2-7-25-17-22-21-16(27-17)20-14(23)8-12-10-26-15(19-12)9-24-13-5-3-11(18)4-6-13/h2-6,10H,1,7-9H2,(H,20,21,23). The van der Waals surface area contributed by atoms with E-state index in [1.165, 1.54) is 34.4 Å². The molecule has 1 N–H and O–H groups in total. The minimum atomic E-state index is -0.179. The number of nitrogens with zero attached hydrogens (tertiary/aromatic N) is 3. The molecule has 3 rings (SSSR count). The summed E-state index contributed by atoms with van der Waals surface area (Å²) in [6.45, 7) is 4.00. The Morgan fingerprint density at radius 1 is 1.33 bits per heavy atom. The minimum absolute atomic E-state index is 0.173. The van der Waals surface area contributed by atoms with Crippen molar-refractivity contribution in [1.82, 2.24) is 15.2 Å². The van der Waals surface area contributed by atoms with E-state index < -0.39 is 0 Å². The van der Waals surface area contributed by atoms with Crippen molar-refractivity contribution in [3.63, 3.8) is 0 Å². The molecular weight excluding hydrogens is 424 g/mol. The highest BCUT2D eigenvalue weighted by atomic mass is 35.5. The molecule has 10 heteroatoms. The van der Waals surface area contributed by atoms with Crippen LogP contribution in [0.2, 0.25) is 5.02 Å². The molecule has 6 nitrogen and oxygen atoms in total. The van der Waals surface area contributed by atoms with Crippen molar-refractivity contribution in [3.8, 4) is 5.75 Å². The summed E-state index contributed by atoms with van der Waals surface area (Å²) in [6.07, 6.45) is 1.97. The maximum absolute atomic E-state index is 12.2. The summed E-state index contributed by atoms with van der Waals surface area (Å²) < 4.78 is 6.45. The summed E-state index contributed by atoms with van der Waals surface area (Å²) in [4.78, 5) is 16.6. The molecule has 1 aromatic carbocycles. The molecule has 0 spiro atoms. The second kappa shape index (κ2) is 9.84. The third-order valence-electron chi connectivity index (χ3n) is 3.09. The van der Waals surface area contributed by atoms with Crippen LogP contribution in [-0.2, 0) is 17.8 Å². The summed E-state index contributed by atoms with van der Waals surface area (Å²) in [7, 11) is 0. The maximum Gasteiger partial charge on any atom is 0.232 e. The number of nitrogens with one attached hydrogen (secondary N) is 1. The fourth-order valence-electron chi connectivity index (χ4n) is 1.95. The van der Waals surface area contributed by atoms with Crippen LogP contribution in [0.3, 0.4) is 0 Å². The highest BCUT2D eigenvalue weighted by molar-refractivity contribution is 8.01. The fourth-order valence-corrected chi connectivity index (χ4v) is 4.31. The number of anilines is 1. The number of thioether (sulfide) groups is 1. The average molecular weight is 439 g/mol. The van der Waals surface area contributed by atoms with Crippen molar-refractivity contribution in [1.29, 1.82) is 0 Å². The van der Waals surface area contributed by atoms with Gasteiger partial charge < -0.3 is 10.1 Å². The van der Waals surface area contributed by atoms with Gasteiger partial charge in [0.05, 0.1) is 12.1 Å². The smallest absolute Gasteiger partial charge is 0.232 e. The molecule has 0 atom stereocenters. The van der Waals surface area contributed by atoms with E-state index in [9.17, 15) is 4.79 Å². The van der Waals surface area contributed by atoms with Gasteiger partial charge in [-0.15, -0.1) is 28.1 Å². The van der Waals surface area contributed by atoms with Gasteiger partial charge in [0.15, 0.2) is 4.34 Å². The summed E-state index contributed by atoms with van der Waals surface area (Å²) in [5, 5.41) is 14.5. The second-order valence-electron chi connectivity index (χ2n) is 5.17. The molecule has 0 saturated carbocycles. The van der Waals surface area contributed by atoms with Gasteiger partial charge in [-0.1, -0.05) is 40.8 Å². The van der Waals surface area contributed by atoms with Gasteiger partial charge in [-0.2, -0.15) is 0 Å². The zero-order chi connectivity index (χ0) is 19.1. The van der Waals surface area contributed by atoms with Crippen LogP contribution in [0.5, 0.6) is 5.75 Å². The SMILES string of the molecule is C=CCSc1nnc(NC(=O)Cc2csc(COc3ccc(Cl)cc3)n2)s1. The van der Waals surface area contributed by atoms with Crippen molar-refractivity contribution in [2.45, 2.75) is 17.4 Å². The highest BCUT2D eigenvalue weighted by Gasteiger charge is 2.11. The molecule has 0 saturated heterocycles. The van der Waals surface area contributed by atoms with E-state index in [-0.39, 0.29) is 12.3 Å². The molecule has 0 aliphatic heterocycles. The van der Waals surface area contributed by atoms with Crippen molar-refractivity contribution in [3.05, 3.63) is 58.0 Å².